The highest BCUT2D eigenvalue weighted by molar-refractivity contribution is 5.43. The number of hydrogen-bond donors (Lipinski definition) is 1. The van der Waals surface area contributed by atoms with Crippen molar-refractivity contribution in [2.45, 2.75) is 69.9 Å². The molecule has 5 heteroatoms. The van der Waals surface area contributed by atoms with E-state index in [1.54, 1.807) is 25.3 Å². The van der Waals surface area contributed by atoms with E-state index in [4.69, 9.17) is 9.47 Å². The molecule has 2 aromatic carbocycles. The zero-order chi connectivity index (χ0) is 20.6. The first-order chi connectivity index (χ1) is 13.9. The Morgan fingerprint density at radius 3 is 2.41 bits per heavy atom. The van der Waals surface area contributed by atoms with Crippen molar-refractivity contribution in [3.8, 4) is 11.5 Å². The average molecular weight is 400 g/mol. The van der Waals surface area contributed by atoms with E-state index in [9.17, 15) is 9.50 Å². The molecule has 2 atom stereocenters. The smallest absolute Gasteiger partial charge is 0.161 e. The van der Waals surface area contributed by atoms with Crippen molar-refractivity contribution in [1.29, 1.82) is 0 Å². The summed E-state index contributed by atoms with van der Waals surface area (Å²) < 4.78 is 25.7. The van der Waals surface area contributed by atoms with Gasteiger partial charge in [0.05, 0.1) is 18.8 Å². The number of aliphatic hydroxyl groups is 1. The SMILES string of the molecule is COc1cc(CN2C3CCC2CC(O)(c2ccccc2F)C3)ccc1OC(C)C. The van der Waals surface area contributed by atoms with Gasteiger partial charge in [0.15, 0.2) is 11.5 Å². The molecule has 2 aromatic rings. The number of methoxy groups -OCH3 is 1. The van der Waals surface area contributed by atoms with Crippen LogP contribution in [-0.4, -0.2) is 35.3 Å². The molecular weight excluding hydrogens is 369 g/mol. The zero-order valence-electron chi connectivity index (χ0n) is 17.4. The number of nitrogens with zero attached hydrogens (tertiary/aromatic N) is 1. The van der Waals surface area contributed by atoms with Crippen molar-refractivity contribution >= 4 is 0 Å². The van der Waals surface area contributed by atoms with Crippen LogP contribution in [-0.2, 0) is 12.1 Å². The lowest BCUT2D eigenvalue weighted by atomic mass is 9.80. The normalized spacial score (nSPS) is 26.7. The zero-order valence-corrected chi connectivity index (χ0v) is 17.4. The molecule has 2 aliphatic rings. The number of hydrogen-bond acceptors (Lipinski definition) is 4. The van der Waals surface area contributed by atoms with E-state index < -0.39 is 5.60 Å². The van der Waals surface area contributed by atoms with Gasteiger partial charge in [0.25, 0.3) is 0 Å². The summed E-state index contributed by atoms with van der Waals surface area (Å²) in [6.07, 6.45) is 3.29. The molecule has 0 aliphatic carbocycles. The lowest BCUT2D eigenvalue weighted by molar-refractivity contribution is -0.0615. The average Bonchev–Trinajstić information content (AvgIpc) is 2.92. The summed E-state index contributed by atoms with van der Waals surface area (Å²) >= 11 is 0. The Labute approximate surface area is 172 Å². The third-order valence-electron chi connectivity index (χ3n) is 6.25. The predicted octanol–water partition coefficient (Wildman–Crippen LogP) is 4.64. The number of fused-ring (bicyclic) bond motifs is 2. The van der Waals surface area contributed by atoms with Gasteiger partial charge in [-0.2, -0.15) is 0 Å². The van der Waals surface area contributed by atoms with Gasteiger partial charge < -0.3 is 14.6 Å². The molecule has 0 amide bonds. The Morgan fingerprint density at radius 2 is 1.79 bits per heavy atom. The second kappa shape index (κ2) is 7.96. The molecule has 4 nitrogen and oxygen atoms in total. The van der Waals surface area contributed by atoms with E-state index in [2.05, 4.69) is 11.0 Å². The van der Waals surface area contributed by atoms with Gasteiger partial charge in [-0.25, -0.2) is 4.39 Å². The second-order valence-electron chi connectivity index (χ2n) is 8.63. The van der Waals surface area contributed by atoms with E-state index in [-0.39, 0.29) is 24.0 Å². The third kappa shape index (κ3) is 3.99. The fourth-order valence-corrected chi connectivity index (χ4v) is 5.01. The van der Waals surface area contributed by atoms with Crippen LogP contribution in [0, 0.1) is 5.82 Å². The Kier molecular flexibility index (Phi) is 5.54. The maximum absolute atomic E-state index is 14.4. The molecule has 2 bridgehead atoms. The van der Waals surface area contributed by atoms with Crippen molar-refractivity contribution in [2.24, 2.45) is 0 Å². The summed E-state index contributed by atoms with van der Waals surface area (Å²) in [5.74, 6) is 1.18. The Hall–Kier alpha value is -2.11. The number of ether oxygens (including phenoxy) is 2. The summed E-state index contributed by atoms with van der Waals surface area (Å²) in [6, 6.07) is 13.2. The molecule has 1 N–H and O–H groups in total. The Bertz CT molecular complexity index is 855. The maximum Gasteiger partial charge on any atom is 0.161 e. The van der Waals surface area contributed by atoms with E-state index >= 15 is 0 Å². The minimum Gasteiger partial charge on any atom is -0.493 e. The van der Waals surface area contributed by atoms with Gasteiger partial charge in [-0.15, -0.1) is 0 Å². The van der Waals surface area contributed by atoms with Gasteiger partial charge >= 0.3 is 0 Å². The van der Waals surface area contributed by atoms with Crippen molar-refractivity contribution in [3.05, 3.63) is 59.4 Å². The van der Waals surface area contributed by atoms with Gasteiger partial charge in [0.2, 0.25) is 0 Å². The highest BCUT2D eigenvalue weighted by Crippen LogP contribution is 2.47. The topological polar surface area (TPSA) is 41.9 Å². The third-order valence-corrected chi connectivity index (χ3v) is 6.25. The fourth-order valence-electron chi connectivity index (χ4n) is 5.01. The van der Waals surface area contributed by atoms with E-state index in [1.165, 1.54) is 6.07 Å². The Morgan fingerprint density at radius 1 is 1.10 bits per heavy atom. The predicted molar refractivity (Wildman–Crippen MR) is 111 cm³/mol. The number of benzene rings is 2. The minimum absolute atomic E-state index is 0.0868. The van der Waals surface area contributed by atoms with Crippen LogP contribution in [0.25, 0.3) is 0 Å². The van der Waals surface area contributed by atoms with Crippen molar-refractivity contribution < 1.29 is 19.0 Å². The van der Waals surface area contributed by atoms with Gasteiger partial charge in [-0.1, -0.05) is 24.3 Å². The van der Waals surface area contributed by atoms with Crippen LogP contribution in [0.1, 0.15) is 50.7 Å². The molecule has 2 saturated heterocycles. The van der Waals surface area contributed by atoms with E-state index in [0.717, 1.165) is 36.4 Å². The van der Waals surface area contributed by atoms with Crippen molar-refractivity contribution in [1.82, 2.24) is 4.90 Å². The second-order valence-corrected chi connectivity index (χ2v) is 8.63. The van der Waals surface area contributed by atoms with Crippen LogP contribution in [0.5, 0.6) is 11.5 Å². The van der Waals surface area contributed by atoms with Crippen LogP contribution in [0.4, 0.5) is 4.39 Å². The van der Waals surface area contributed by atoms with Gasteiger partial charge in [-0.3, -0.25) is 4.90 Å². The molecule has 2 unspecified atom stereocenters. The van der Waals surface area contributed by atoms with Gasteiger partial charge in [0.1, 0.15) is 5.82 Å². The summed E-state index contributed by atoms with van der Waals surface area (Å²) in [5, 5.41) is 11.3. The molecule has 0 saturated carbocycles. The maximum atomic E-state index is 14.4. The lowest BCUT2D eigenvalue weighted by Gasteiger charge is -2.44. The largest absolute Gasteiger partial charge is 0.493 e. The van der Waals surface area contributed by atoms with Gasteiger partial charge in [-0.05, 0) is 63.3 Å². The molecule has 0 radical (unpaired) electrons. The first-order valence-electron chi connectivity index (χ1n) is 10.5. The van der Waals surface area contributed by atoms with Crippen molar-refractivity contribution in [2.75, 3.05) is 7.11 Å². The Balaban J connectivity index is 1.52. The molecule has 2 aliphatic heterocycles. The summed E-state index contributed by atoms with van der Waals surface area (Å²) in [5.41, 5.74) is 0.514. The molecule has 0 aromatic heterocycles. The van der Waals surface area contributed by atoms with E-state index in [0.29, 0.717) is 18.4 Å². The minimum atomic E-state index is -1.08. The first kappa shape index (κ1) is 20.2. The van der Waals surface area contributed by atoms with E-state index in [1.807, 2.05) is 26.0 Å². The number of piperidine rings is 1. The fraction of sp³-hybridized carbons (Fsp3) is 0.500. The molecular formula is C24H30FNO3. The molecule has 2 fully saturated rings. The molecule has 29 heavy (non-hydrogen) atoms. The summed E-state index contributed by atoms with van der Waals surface area (Å²) in [7, 11) is 1.66. The lowest BCUT2D eigenvalue weighted by Crippen LogP contribution is -2.49. The quantitative estimate of drug-likeness (QED) is 0.769. The number of halogens is 1. The van der Waals surface area contributed by atoms with Crippen LogP contribution >= 0.6 is 0 Å². The monoisotopic (exact) mass is 399 g/mol. The summed E-state index contributed by atoms with van der Waals surface area (Å²) in [4.78, 5) is 2.47. The number of rotatable bonds is 6. The van der Waals surface area contributed by atoms with Crippen LogP contribution in [0.15, 0.2) is 42.5 Å². The van der Waals surface area contributed by atoms with Crippen molar-refractivity contribution in [3.63, 3.8) is 0 Å². The van der Waals surface area contributed by atoms with Crippen LogP contribution in [0.2, 0.25) is 0 Å². The standard InChI is InChI=1S/C24H30FNO3/c1-16(2)29-22-11-8-17(12-23(22)28-3)15-26-18-9-10-19(26)14-24(27,13-18)20-6-4-5-7-21(20)25/h4-8,11-12,16,18-19,27H,9-10,13-15H2,1-3H3. The summed E-state index contributed by atoms with van der Waals surface area (Å²) in [6.45, 7) is 4.78. The van der Waals surface area contributed by atoms with Crippen LogP contribution in [0.3, 0.4) is 0 Å². The van der Waals surface area contributed by atoms with Crippen LogP contribution < -0.4 is 9.47 Å². The molecule has 0 spiro atoms. The highest BCUT2D eigenvalue weighted by atomic mass is 19.1. The molecule has 4 rings (SSSR count). The molecule has 156 valence electrons. The highest BCUT2D eigenvalue weighted by Gasteiger charge is 2.48. The molecule has 2 heterocycles. The van der Waals surface area contributed by atoms with Gasteiger partial charge in [0, 0.05) is 24.2 Å². The first-order valence-corrected chi connectivity index (χ1v) is 10.5.